The van der Waals surface area contributed by atoms with Crippen molar-refractivity contribution in [2.45, 2.75) is 65.8 Å². The summed E-state index contributed by atoms with van der Waals surface area (Å²) in [5.41, 5.74) is 7.33. The van der Waals surface area contributed by atoms with Gasteiger partial charge in [0.25, 0.3) is 0 Å². The maximum absolute atomic E-state index is 11.5. The average Bonchev–Trinajstić information content (AvgIpc) is 2.79. The van der Waals surface area contributed by atoms with E-state index in [-0.39, 0.29) is 5.84 Å². The molecule has 0 fully saturated rings. The quantitative estimate of drug-likeness (QED) is 0.206. The number of hydrogen-bond donors (Lipinski definition) is 4. The first-order valence-corrected chi connectivity index (χ1v) is 11.2. The molecule has 2 amide bonds. The van der Waals surface area contributed by atoms with Crippen molar-refractivity contribution in [2.24, 2.45) is 10.9 Å². The second-order valence-corrected chi connectivity index (χ2v) is 9.71. The maximum atomic E-state index is 11.5. The first kappa shape index (κ1) is 29.8. The van der Waals surface area contributed by atoms with Crippen LogP contribution in [0.5, 0.6) is 0 Å². The highest BCUT2D eigenvalue weighted by atomic mass is 16.6. The Morgan fingerprint density at radius 3 is 1.83 bits per heavy atom. The molecule has 10 heteroatoms. The zero-order chi connectivity index (χ0) is 27.4. The van der Waals surface area contributed by atoms with E-state index in [0.717, 1.165) is 11.1 Å². The zero-order valence-corrected chi connectivity index (χ0v) is 21.6. The number of benzene rings is 2. The Bertz CT molecular complexity index is 1090. The Hall–Kier alpha value is -4.26. The summed E-state index contributed by atoms with van der Waals surface area (Å²) in [4.78, 5) is 22.9. The van der Waals surface area contributed by atoms with Gasteiger partial charge in [-0.3, -0.25) is 0 Å². The molecule has 0 aliphatic rings. The van der Waals surface area contributed by atoms with E-state index in [2.05, 4.69) is 15.8 Å². The molecule has 10 nitrogen and oxygen atoms in total. The molecule has 2 aromatic carbocycles. The third-order valence-electron chi connectivity index (χ3n) is 4.06. The van der Waals surface area contributed by atoms with E-state index in [4.69, 9.17) is 25.7 Å². The molecule has 0 spiro atoms. The summed E-state index contributed by atoms with van der Waals surface area (Å²) in [6, 6.07) is 16.2. The van der Waals surface area contributed by atoms with Crippen LogP contribution in [-0.2, 0) is 22.6 Å². The van der Waals surface area contributed by atoms with Gasteiger partial charge in [-0.25, -0.2) is 9.59 Å². The van der Waals surface area contributed by atoms with Crippen molar-refractivity contribution in [1.29, 1.82) is 5.26 Å². The van der Waals surface area contributed by atoms with Crippen molar-refractivity contribution < 1.29 is 24.3 Å². The Morgan fingerprint density at radius 1 is 0.917 bits per heavy atom. The largest absolute Gasteiger partial charge is 0.444 e. The van der Waals surface area contributed by atoms with Crippen LogP contribution in [0.15, 0.2) is 53.7 Å². The summed E-state index contributed by atoms with van der Waals surface area (Å²) in [6.45, 7) is 11.5. The molecule has 2 rings (SSSR count). The number of nitrogens with two attached hydrogens (primary N) is 1. The average molecular weight is 498 g/mol. The fraction of sp³-hybridized carbons (Fsp3) is 0.385. The standard InChI is InChI=1S/C13H19N3O3.C13H16N2O2/c1-13(2,3)19-12(17)15-8-9-5-4-6-10(7-9)11(14)16-18;1-13(2,3)17-12(16)15-9-11-6-4-5-10(7-11)8-14/h4-7,18H,8H2,1-3H3,(H2,14,16)(H,15,17);4-7H,9H2,1-3H3,(H,15,16). The van der Waals surface area contributed by atoms with E-state index in [9.17, 15) is 9.59 Å². The van der Waals surface area contributed by atoms with Crippen LogP contribution >= 0.6 is 0 Å². The van der Waals surface area contributed by atoms with Gasteiger partial charge in [-0.15, -0.1) is 0 Å². The molecule has 0 atom stereocenters. The van der Waals surface area contributed by atoms with Crippen molar-refractivity contribution in [3.05, 3.63) is 70.8 Å². The van der Waals surface area contributed by atoms with E-state index in [1.54, 1.807) is 57.2 Å². The lowest BCUT2D eigenvalue weighted by Crippen LogP contribution is -2.32. The summed E-state index contributed by atoms with van der Waals surface area (Å²) in [5, 5.41) is 25.5. The Labute approximate surface area is 212 Å². The molecule has 0 radical (unpaired) electrons. The summed E-state index contributed by atoms with van der Waals surface area (Å²) in [6.07, 6.45) is -0.943. The van der Waals surface area contributed by atoms with Gasteiger partial charge in [0, 0.05) is 18.7 Å². The molecular weight excluding hydrogens is 462 g/mol. The number of nitrogens with one attached hydrogen (secondary N) is 2. The SMILES string of the molecule is CC(C)(C)OC(=O)NCc1cccc(C#N)c1.CC(C)(C)OC(=O)NCc1cccc(C(N)=NO)c1. The number of rotatable bonds is 5. The first-order valence-electron chi connectivity index (χ1n) is 11.2. The Kier molecular flexibility index (Phi) is 11.2. The van der Waals surface area contributed by atoms with Crippen LogP contribution in [0.2, 0.25) is 0 Å². The lowest BCUT2D eigenvalue weighted by Gasteiger charge is -2.19. The smallest absolute Gasteiger partial charge is 0.407 e. The summed E-state index contributed by atoms with van der Waals surface area (Å²) < 4.78 is 10.2. The molecule has 36 heavy (non-hydrogen) atoms. The number of carbonyl (C=O) groups is 2. The van der Waals surface area contributed by atoms with Gasteiger partial charge in [-0.1, -0.05) is 35.5 Å². The van der Waals surface area contributed by atoms with Crippen LogP contribution < -0.4 is 16.4 Å². The number of alkyl carbamates (subject to hydrolysis) is 2. The van der Waals surface area contributed by atoms with Gasteiger partial charge >= 0.3 is 12.2 Å². The highest BCUT2D eigenvalue weighted by Gasteiger charge is 2.16. The van der Waals surface area contributed by atoms with Crippen LogP contribution in [0.4, 0.5) is 9.59 Å². The van der Waals surface area contributed by atoms with Crippen molar-refractivity contribution in [1.82, 2.24) is 10.6 Å². The van der Waals surface area contributed by atoms with Crippen LogP contribution in [0.3, 0.4) is 0 Å². The number of amides is 2. The highest BCUT2D eigenvalue weighted by molar-refractivity contribution is 5.97. The summed E-state index contributed by atoms with van der Waals surface area (Å²) >= 11 is 0. The number of hydrogen-bond acceptors (Lipinski definition) is 7. The molecule has 0 aliphatic heterocycles. The minimum atomic E-state index is -0.528. The van der Waals surface area contributed by atoms with Crippen molar-refractivity contribution in [3.63, 3.8) is 0 Å². The molecule has 0 aliphatic carbocycles. The fourth-order valence-corrected chi connectivity index (χ4v) is 2.63. The number of carbonyl (C=O) groups excluding carboxylic acids is 2. The second-order valence-electron chi connectivity index (χ2n) is 9.71. The van der Waals surface area contributed by atoms with Gasteiger partial charge in [-0.05, 0) is 70.9 Å². The van der Waals surface area contributed by atoms with Crippen molar-refractivity contribution in [3.8, 4) is 6.07 Å². The minimum absolute atomic E-state index is 0.0270. The van der Waals surface area contributed by atoms with E-state index in [0.29, 0.717) is 24.2 Å². The normalized spacial score (nSPS) is 11.3. The van der Waals surface area contributed by atoms with Crippen LogP contribution in [0, 0.1) is 11.3 Å². The monoisotopic (exact) mass is 497 g/mol. The van der Waals surface area contributed by atoms with Crippen LogP contribution in [0.25, 0.3) is 0 Å². The molecule has 0 saturated carbocycles. The minimum Gasteiger partial charge on any atom is -0.444 e. The van der Waals surface area contributed by atoms with Gasteiger partial charge in [0.15, 0.2) is 5.84 Å². The van der Waals surface area contributed by atoms with Crippen molar-refractivity contribution >= 4 is 18.0 Å². The topological polar surface area (TPSA) is 159 Å². The van der Waals surface area contributed by atoms with Crippen LogP contribution in [0.1, 0.15) is 63.8 Å². The van der Waals surface area contributed by atoms with Gasteiger partial charge < -0.3 is 31.0 Å². The maximum Gasteiger partial charge on any atom is 0.407 e. The van der Waals surface area contributed by atoms with E-state index < -0.39 is 23.4 Å². The van der Waals surface area contributed by atoms with E-state index in [1.807, 2.05) is 39.0 Å². The predicted octanol–water partition coefficient (Wildman–Crippen LogP) is 4.39. The molecule has 2 aromatic rings. The van der Waals surface area contributed by atoms with E-state index >= 15 is 0 Å². The molecule has 0 aromatic heterocycles. The highest BCUT2D eigenvalue weighted by Crippen LogP contribution is 2.09. The lowest BCUT2D eigenvalue weighted by atomic mass is 10.1. The molecule has 0 heterocycles. The van der Waals surface area contributed by atoms with Gasteiger partial charge in [0.05, 0.1) is 11.6 Å². The molecule has 0 unspecified atom stereocenters. The molecule has 5 N–H and O–H groups in total. The summed E-state index contributed by atoms with van der Waals surface area (Å²) in [5.74, 6) is 0.0270. The number of amidine groups is 1. The molecule has 0 bridgehead atoms. The van der Waals surface area contributed by atoms with Crippen molar-refractivity contribution in [2.75, 3.05) is 0 Å². The lowest BCUT2D eigenvalue weighted by molar-refractivity contribution is 0.0512. The molecule has 0 saturated heterocycles. The number of nitrogens with zero attached hydrogens (tertiary/aromatic N) is 2. The zero-order valence-electron chi connectivity index (χ0n) is 21.6. The molecular formula is C26H35N5O5. The Morgan fingerprint density at radius 2 is 1.39 bits per heavy atom. The summed E-state index contributed by atoms with van der Waals surface area (Å²) in [7, 11) is 0. The van der Waals surface area contributed by atoms with Gasteiger partial charge in [-0.2, -0.15) is 5.26 Å². The van der Waals surface area contributed by atoms with E-state index in [1.165, 1.54) is 0 Å². The van der Waals surface area contributed by atoms with Crippen LogP contribution in [-0.4, -0.2) is 34.4 Å². The Balaban J connectivity index is 0.000000362. The third-order valence-corrected chi connectivity index (χ3v) is 4.06. The number of ether oxygens (including phenoxy) is 2. The van der Waals surface area contributed by atoms with Gasteiger partial charge in [0.2, 0.25) is 0 Å². The van der Waals surface area contributed by atoms with Gasteiger partial charge in [0.1, 0.15) is 11.2 Å². The fourth-order valence-electron chi connectivity index (χ4n) is 2.63. The first-order chi connectivity index (χ1) is 16.7. The second kappa shape index (κ2) is 13.6. The number of oxime groups is 1. The molecule has 194 valence electrons. The number of nitriles is 1. The predicted molar refractivity (Wildman–Crippen MR) is 136 cm³/mol. The third kappa shape index (κ3) is 12.8.